The smallest absolute Gasteiger partial charge is 0.264 e. The maximum absolute atomic E-state index is 13.1. The highest BCUT2D eigenvalue weighted by Crippen LogP contribution is 2.46. The van der Waals surface area contributed by atoms with Crippen LogP contribution in [0.3, 0.4) is 0 Å². The molecule has 0 bridgehead atoms. The third kappa shape index (κ3) is 6.35. The van der Waals surface area contributed by atoms with E-state index < -0.39 is 22.0 Å². The lowest BCUT2D eigenvalue weighted by Crippen LogP contribution is -2.49. The van der Waals surface area contributed by atoms with E-state index in [2.05, 4.69) is 34.9 Å². The summed E-state index contributed by atoms with van der Waals surface area (Å²) in [5, 5.41) is 11.5. The Morgan fingerprint density at radius 1 is 1.22 bits per heavy atom. The monoisotopic (exact) mass is 598 g/mol. The lowest BCUT2D eigenvalue weighted by Gasteiger charge is -2.45. The summed E-state index contributed by atoms with van der Waals surface area (Å²) in [7, 11) is -3.79. The first-order valence-electron chi connectivity index (χ1n) is 14.4. The van der Waals surface area contributed by atoms with Crippen molar-refractivity contribution in [1.82, 2.24) is 4.72 Å². The Bertz CT molecular complexity index is 1430. The van der Waals surface area contributed by atoms with Crippen molar-refractivity contribution in [3.05, 3.63) is 83.4 Å². The molecule has 1 saturated carbocycles. The minimum absolute atomic E-state index is 0.176. The first-order chi connectivity index (χ1) is 19.6. The molecule has 220 valence electrons. The van der Waals surface area contributed by atoms with Gasteiger partial charge in [0.15, 0.2) is 0 Å². The second-order valence-electron chi connectivity index (χ2n) is 11.7. The number of amides is 1. The third-order valence-corrected chi connectivity index (χ3v) is 10.5. The average Bonchev–Trinajstić information content (AvgIpc) is 3.06. The molecule has 3 aliphatic rings. The Morgan fingerprint density at radius 3 is 2.78 bits per heavy atom. The topological polar surface area (TPSA) is 95.9 Å². The lowest BCUT2D eigenvalue weighted by atomic mass is 9.68. The molecule has 0 radical (unpaired) electrons. The van der Waals surface area contributed by atoms with E-state index in [-0.39, 0.29) is 35.0 Å². The Morgan fingerprint density at radius 2 is 2.05 bits per heavy atom. The van der Waals surface area contributed by atoms with Gasteiger partial charge in [0.2, 0.25) is 10.0 Å². The number of nitrogens with zero attached hydrogens (tertiary/aromatic N) is 1. The number of rotatable bonds is 10. The SMILES string of the molecule is C=CCCS(=O)(=O)NC(=O)c1ccc2c(c1)N(C[C@@H]1CC[C@@H]1[C@H](O)CC=C)C[C@@]1(CCCc3cc(Cl)ccc31)CO2. The van der Waals surface area contributed by atoms with E-state index in [9.17, 15) is 18.3 Å². The van der Waals surface area contributed by atoms with Crippen LogP contribution in [0.5, 0.6) is 5.75 Å². The molecule has 1 aliphatic heterocycles. The number of anilines is 1. The van der Waals surface area contributed by atoms with Gasteiger partial charge in [-0.15, -0.1) is 13.2 Å². The van der Waals surface area contributed by atoms with Crippen molar-refractivity contribution in [2.75, 3.05) is 30.3 Å². The lowest BCUT2D eigenvalue weighted by molar-refractivity contribution is 0.0178. The van der Waals surface area contributed by atoms with Gasteiger partial charge in [0.05, 0.1) is 24.2 Å². The minimum Gasteiger partial charge on any atom is -0.490 e. The van der Waals surface area contributed by atoms with Gasteiger partial charge in [-0.25, -0.2) is 13.1 Å². The van der Waals surface area contributed by atoms with Gasteiger partial charge in [0.25, 0.3) is 5.91 Å². The third-order valence-electron chi connectivity index (χ3n) is 8.97. The van der Waals surface area contributed by atoms with Crippen LogP contribution in [0.15, 0.2) is 61.7 Å². The molecule has 0 unspecified atom stereocenters. The number of allylic oxidation sites excluding steroid dienone is 1. The van der Waals surface area contributed by atoms with Gasteiger partial charge in [-0.05, 0) is 98.2 Å². The maximum atomic E-state index is 13.1. The summed E-state index contributed by atoms with van der Waals surface area (Å²) in [5.74, 6) is 0.242. The van der Waals surface area contributed by atoms with E-state index in [1.54, 1.807) is 24.3 Å². The van der Waals surface area contributed by atoms with Crippen molar-refractivity contribution in [1.29, 1.82) is 0 Å². The highest BCUT2D eigenvalue weighted by atomic mass is 35.5. The van der Waals surface area contributed by atoms with Gasteiger partial charge in [0.1, 0.15) is 5.75 Å². The van der Waals surface area contributed by atoms with Crippen LogP contribution < -0.4 is 14.4 Å². The molecular weight excluding hydrogens is 560 g/mol. The molecule has 9 heteroatoms. The fraction of sp³-hybridized carbons (Fsp3) is 0.469. The number of aryl methyl sites for hydroxylation is 1. The summed E-state index contributed by atoms with van der Waals surface area (Å²) in [5.41, 5.74) is 3.23. The number of hydrogen-bond acceptors (Lipinski definition) is 6. The van der Waals surface area contributed by atoms with Crippen molar-refractivity contribution < 1.29 is 23.1 Å². The molecule has 0 aromatic heterocycles. The van der Waals surface area contributed by atoms with E-state index in [0.29, 0.717) is 31.9 Å². The van der Waals surface area contributed by atoms with Crippen LogP contribution in [-0.2, 0) is 21.9 Å². The Labute approximate surface area is 248 Å². The molecule has 1 spiro atoms. The number of benzene rings is 2. The van der Waals surface area contributed by atoms with Crippen molar-refractivity contribution in [3.8, 4) is 5.75 Å². The Kier molecular flexibility index (Phi) is 8.83. The molecule has 2 aromatic carbocycles. The molecule has 2 N–H and O–H groups in total. The standard InChI is InChI=1S/C32H39ClN2O5S/c1-3-5-16-41(38,39)34-31(37)23-10-14-30-28(18-23)35(19-24-9-12-26(24)29(36)7-4-2)20-32(21-40-30)15-6-8-22-17-25(33)11-13-27(22)32/h3-4,10-11,13-14,17-18,24,26,29,36H,1-2,5-9,12,15-16,19-21H2,(H,34,37)/t24-,26-,29+,32-/m0/s1. The second-order valence-corrected chi connectivity index (χ2v) is 14.0. The summed E-state index contributed by atoms with van der Waals surface area (Å²) >= 11 is 6.37. The highest BCUT2D eigenvalue weighted by Gasteiger charge is 2.44. The molecule has 4 atom stereocenters. The zero-order valence-corrected chi connectivity index (χ0v) is 24.9. The van der Waals surface area contributed by atoms with Crippen molar-refractivity contribution in [2.24, 2.45) is 11.8 Å². The summed E-state index contributed by atoms with van der Waals surface area (Å²) in [4.78, 5) is 15.4. The van der Waals surface area contributed by atoms with Crippen LogP contribution in [0.1, 0.15) is 60.0 Å². The van der Waals surface area contributed by atoms with Crippen LogP contribution in [0.25, 0.3) is 0 Å². The van der Waals surface area contributed by atoms with Crippen LogP contribution in [0.4, 0.5) is 5.69 Å². The molecule has 1 fully saturated rings. The number of fused-ring (bicyclic) bond motifs is 3. The number of aliphatic hydroxyl groups is 1. The van der Waals surface area contributed by atoms with Crippen LogP contribution >= 0.6 is 11.6 Å². The largest absolute Gasteiger partial charge is 0.490 e. The number of hydrogen-bond donors (Lipinski definition) is 2. The molecule has 2 aliphatic carbocycles. The molecule has 0 saturated heterocycles. The summed E-state index contributed by atoms with van der Waals surface area (Å²) in [6.07, 6.45) is 8.56. The number of ether oxygens (including phenoxy) is 1. The average molecular weight is 599 g/mol. The van der Waals surface area contributed by atoms with E-state index in [1.165, 1.54) is 17.2 Å². The Balaban J connectivity index is 1.49. The quantitative estimate of drug-likeness (QED) is 0.355. The van der Waals surface area contributed by atoms with E-state index >= 15 is 0 Å². The molecular formula is C32H39ClN2O5S. The highest BCUT2D eigenvalue weighted by molar-refractivity contribution is 7.90. The number of aliphatic hydroxyl groups excluding tert-OH is 1. The number of carbonyl (C=O) groups is 1. The molecule has 7 nitrogen and oxygen atoms in total. The molecule has 2 aromatic rings. The summed E-state index contributed by atoms with van der Waals surface area (Å²) in [6, 6.07) is 11.3. The molecule has 41 heavy (non-hydrogen) atoms. The first-order valence-corrected chi connectivity index (χ1v) is 16.4. The number of halogens is 1. The first kappa shape index (κ1) is 29.7. The maximum Gasteiger partial charge on any atom is 0.264 e. The Hall–Kier alpha value is -2.81. The van der Waals surface area contributed by atoms with Gasteiger partial charge in [-0.1, -0.05) is 29.8 Å². The molecule has 1 heterocycles. The number of carbonyl (C=O) groups excluding carboxylic acids is 1. The van der Waals surface area contributed by atoms with Gasteiger partial charge >= 0.3 is 0 Å². The number of sulfonamides is 1. The zero-order valence-electron chi connectivity index (χ0n) is 23.4. The van der Waals surface area contributed by atoms with Gasteiger partial charge in [-0.2, -0.15) is 0 Å². The zero-order chi connectivity index (χ0) is 29.2. The molecule has 5 rings (SSSR count). The minimum atomic E-state index is -3.79. The summed E-state index contributed by atoms with van der Waals surface area (Å²) in [6.45, 7) is 9.22. The van der Waals surface area contributed by atoms with E-state index in [4.69, 9.17) is 16.3 Å². The van der Waals surface area contributed by atoms with E-state index in [1.807, 2.05) is 6.07 Å². The van der Waals surface area contributed by atoms with E-state index in [0.717, 1.165) is 42.8 Å². The number of nitrogens with one attached hydrogen (secondary N) is 1. The van der Waals surface area contributed by atoms with Crippen LogP contribution in [-0.4, -0.2) is 51.0 Å². The molecule has 1 amide bonds. The summed E-state index contributed by atoms with van der Waals surface area (Å²) < 4.78 is 33.5. The fourth-order valence-corrected chi connectivity index (χ4v) is 7.88. The second kappa shape index (κ2) is 12.2. The van der Waals surface area contributed by atoms with Crippen molar-refractivity contribution in [3.63, 3.8) is 0 Å². The fourth-order valence-electron chi connectivity index (χ4n) is 6.70. The predicted octanol–water partition coefficient (Wildman–Crippen LogP) is 5.41. The van der Waals surface area contributed by atoms with Gasteiger partial charge < -0.3 is 14.7 Å². The van der Waals surface area contributed by atoms with Crippen molar-refractivity contribution in [2.45, 2.75) is 56.5 Å². The predicted molar refractivity (Wildman–Crippen MR) is 163 cm³/mol. The van der Waals surface area contributed by atoms with Crippen LogP contribution in [0.2, 0.25) is 5.02 Å². The normalized spacial score (nSPS) is 24.2. The van der Waals surface area contributed by atoms with Gasteiger partial charge in [-0.3, -0.25) is 4.79 Å². The van der Waals surface area contributed by atoms with Crippen molar-refractivity contribution >= 4 is 33.2 Å². The van der Waals surface area contributed by atoms with Crippen LogP contribution in [0, 0.1) is 11.8 Å². The van der Waals surface area contributed by atoms with Gasteiger partial charge in [0, 0.05) is 29.1 Å².